The predicted octanol–water partition coefficient (Wildman–Crippen LogP) is 18.1. The van der Waals surface area contributed by atoms with Crippen LogP contribution in [-0.4, -0.2) is 0 Å². The average molecular weight is 865 g/mol. The number of fused-ring (bicyclic) bond motifs is 6. The van der Waals surface area contributed by atoms with Gasteiger partial charge in [0, 0.05) is 54.0 Å². The summed E-state index contributed by atoms with van der Waals surface area (Å²) >= 11 is 0. The molecule has 0 amide bonds. The SMILES string of the molecule is C=CC(C)(C)c1ccc2c(c1)C(C)(C)c1cc(C(C)(C)C=C)ccc1N2c1c2ccccc2c(N2c3ccc(C(C)(C)C=C)cc3C(C)(C)c3cc(C(C)(C)C=C)ccc32)c2ccccc12. The monoisotopic (exact) mass is 865 g/mol. The molecule has 9 rings (SSSR count). The van der Waals surface area contributed by atoms with Gasteiger partial charge in [0.05, 0.1) is 34.1 Å². The summed E-state index contributed by atoms with van der Waals surface area (Å²) in [5.74, 6) is 0. The van der Waals surface area contributed by atoms with Crippen LogP contribution in [0.2, 0.25) is 0 Å². The molecule has 2 heteroatoms. The van der Waals surface area contributed by atoms with Gasteiger partial charge in [0.25, 0.3) is 0 Å². The summed E-state index contributed by atoms with van der Waals surface area (Å²) in [7, 11) is 0. The molecule has 0 aromatic heterocycles. The number of allylic oxidation sites excluding steroid dienone is 4. The van der Waals surface area contributed by atoms with E-state index in [0.717, 1.165) is 0 Å². The summed E-state index contributed by atoms with van der Waals surface area (Å²) < 4.78 is 0. The number of rotatable bonds is 10. The molecule has 2 aliphatic rings. The van der Waals surface area contributed by atoms with Crippen LogP contribution in [-0.2, 0) is 32.5 Å². The van der Waals surface area contributed by atoms with Crippen LogP contribution < -0.4 is 9.80 Å². The zero-order chi connectivity index (χ0) is 47.5. The van der Waals surface area contributed by atoms with Gasteiger partial charge < -0.3 is 9.80 Å². The molecular formula is C64H68N2. The highest BCUT2D eigenvalue weighted by molar-refractivity contribution is 6.24. The van der Waals surface area contributed by atoms with Gasteiger partial charge in [0.1, 0.15) is 0 Å². The summed E-state index contributed by atoms with van der Waals surface area (Å²) in [6.07, 6.45) is 8.28. The lowest BCUT2D eigenvalue weighted by Gasteiger charge is -2.45. The van der Waals surface area contributed by atoms with E-state index in [4.69, 9.17) is 0 Å². The number of hydrogen-bond acceptors (Lipinski definition) is 2. The Kier molecular flexibility index (Phi) is 10.2. The van der Waals surface area contributed by atoms with Crippen molar-refractivity contribution in [2.24, 2.45) is 0 Å². The lowest BCUT2D eigenvalue weighted by atomic mass is 9.69. The van der Waals surface area contributed by atoms with Gasteiger partial charge in [-0.1, -0.05) is 204 Å². The minimum atomic E-state index is -0.306. The van der Waals surface area contributed by atoms with Gasteiger partial charge in [-0.05, 0) is 68.8 Å². The van der Waals surface area contributed by atoms with Gasteiger partial charge in [0.15, 0.2) is 0 Å². The van der Waals surface area contributed by atoms with Crippen molar-refractivity contribution in [2.75, 3.05) is 9.80 Å². The Hall–Kier alpha value is -6.38. The fourth-order valence-corrected chi connectivity index (χ4v) is 10.6. The van der Waals surface area contributed by atoms with Gasteiger partial charge in [-0.3, -0.25) is 0 Å². The molecule has 0 saturated carbocycles. The van der Waals surface area contributed by atoms with Crippen LogP contribution in [0.15, 0.2) is 172 Å². The molecule has 2 heterocycles. The average Bonchev–Trinajstić information content (AvgIpc) is 3.31. The minimum Gasteiger partial charge on any atom is -0.309 e. The summed E-state index contributed by atoms with van der Waals surface area (Å²) in [6.45, 7) is 44.7. The van der Waals surface area contributed by atoms with E-state index in [0.29, 0.717) is 0 Å². The number of anilines is 6. The molecule has 2 nitrogen and oxygen atoms in total. The van der Waals surface area contributed by atoms with Gasteiger partial charge >= 0.3 is 0 Å². The Balaban J connectivity index is 1.41. The largest absolute Gasteiger partial charge is 0.309 e. The molecule has 7 aromatic carbocycles. The Bertz CT molecular complexity index is 2760. The Morgan fingerprint density at radius 3 is 0.758 bits per heavy atom. The second kappa shape index (κ2) is 15.1. The van der Waals surface area contributed by atoms with Crippen molar-refractivity contribution in [3.05, 3.63) is 216 Å². The lowest BCUT2D eigenvalue weighted by molar-refractivity contribution is 0.612. The van der Waals surface area contributed by atoms with Crippen molar-refractivity contribution in [1.82, 2.24) is 0 Å². The van der Waals surface area contributed by atoms with Crippen molar-refractivity contribution in [3.63, 3.8) is 0 Å². The maximum Gasteiger partial charge on any atom is 0.0620 e. The third kappa shape index (κ3) is 6.57. The van der Waals surface area contributed by atoms with Gasteiger partial charge in [0.2, 0.25) is 0 Å². The Labute approximate surface area is 395 Å². The zero-order valence-corrected chi connectivity index (χ0v) is 41.6. The normalized spacial score (nSPS) is 15.4. The molecule has 0 saturated heterocycles. The lowest BCUT2D eigenvalue weighted by Crippen LogP contribution is -2.33. The number of hydrogen-bond donors (Lipinski definition) is 0. The fraction of sp³-hybridized carbons (Fsp3) is 0.281. The highest BCUT2D eigenvalue weighted by atomic mass is 15.2. The van der Waals surface area contributed by atoms with Crippen LogP contribution in [0.3, 0.4) is 0 Å². The summed E-state index contributed by atoms with van der Waals surface area (Å²) in [5, 5.41) is 4.76. The molecule has 2 aliphatic heterocycles. The Morgan fingerprint density at radius 1 is 0.348 bits per heavy atom. The van der Waals surface area contributed by atoms with Crippen LogP contribution in [0.4, 0.5) is 34.1 Å². The smallest absolute Gasteiger partial charge is 0.0620 e. The summed E-state index contributed by atoms with van der Waals surface area (Å²) in [4.78, 5) is 5.16. The second-order valence-electron chi connectivity index (χ2n) is 22.3. The van der Waals surface area contributed by atoms with Crippen molar-refractivity contribution >= 4 is 55.7 Å². The molecular weight excluding hydrogens is 797 g/mol. The van der Waals surface area contributed by atoms with Crippen molar-refractivity contribution < 1.29 is 0 Å². The molecule has 0 atom stereocenters. The maximum atomic E-state index is 4.26. The van der Waals surface area contributed by atoms with E-state index in [1.165, 1.54) is 100 Å². The van der Waals surface area contributed by atoms with E-state index in [-0.39, 0.29) is 32.5 Å². The molecule has 0 radical (unpaired) electrons. The third-order valence-electron chi connectivity index (χ3n) is 16.0. The first kappa shape index (κ1) is 44.8. The van der Waals surface area contributed by atoms with E-state index in [2.05, 4.69) is 265 Å². The molecule has 334 valence electrons. The van der Waals surface area contributed by atoms with Crippen LogP contribution in [0.1, 0.15) is 128 Å². The first-order chi connectivity index (χ1) is 31.1. The predicted molar refractivity (Wildman–Crippen MR) is 288 cm³/mol. The first-order valence-electron chi connectivity index (χ1n) is 23.7. The first-order valence-corrected chi connectivity index (χ1v) is 23.7. The molecule has 0 bridgehead atoms. The van der Waals surface area contributed by atoms with Crippen LogP contribution in [0.25, 0.3) is 21.5 Å². The molecule has 0 aliphatic carbocycles. The number of benzene rings is 7. The maximum absolute atomic E-state index is 4.26. The molecule has 0 N–H and O–H groups in total. The molecule has 0 unspecified atom stereocenters. The zero-order valence-electron chi connectivity index (χ0n) is 41.6. The fourth-order valence-electron chi connectivity index (χ4n) is 10.6. The van der Waals surface area contributed by atoms with E-state index in [1.807, 2.05) is 0 Å². The second-order valence-corrected chi connectivity index (χ2v) is 22.3. The van der Waals surface area contributed by atoms with Crippen LogP contribution in [0.5, 0.6) is 0 Å². The topological polar surface area (TPSA) is 6.48 Å². The molecule has 66 heavy (non-hydrogen) atoms. The quantitative estimate of drug-likeness (QED) is 0.0998. The standard InChI is InChI=1S/C64H68N2/c1-17-59(5,6)41-29-33-53-49(37-41)63(13,14)50-38-42(60(7,8)18-2)30-34-54(50)65(53)57-45-25-21-23-27-47(45)58(48-28-24-22-26-46(48)57)66-55-35-31-43(61(9,10)19-3)39-51(55)64(15,16)52-40-44(32-36-56(52)66)62(11,12)20-4/h17-40H,1-4H2,5-16H3. The van der Waals surface area contributed by atoms with E-state index >= 15 is 0 Å². The van der Waals surface area contributed by atoms with E-state index in [9.17, 15) is 0 Å². The highest BCUT2D eigenvalue weighted by Crippen LogP contribution is 2.60. The third-order valence-corrected chi connectivity index (χ3v) is 16.0. The van der Waals surface area contributed by atoms with E-state index in [1.54, 1.807) is 0 Å². The van der Waals surface area contributed by atoms with Crippen molar-refractivity contribution in [3.8, 4) is 0 Å². The van der Waals surface area contributed by atoms with Gasteiger partial charge in [-0.2, -0.15) is 0 Å². The van der Waals surface area contributed by atoms with Crippen molar-refractivity contribution in [1.29, 1.82) is 0 Å². The number of nitrogens with zero attached hydrogens (tertiary/aromatic N) is 2. The van der Waals surface area contributed by atoms with Gasteiger partial charge in [-0.15, -0.1) is 26.3 Å². The Morgan fingerprint density at radius 2 is 0.561 bits per heavy atom. The van der Waals surface area contributed by atoms with E-state index < -0.39 is 0 Å². The molecule has 0 fully saturated rings. The van der Waals surface area contributed by atoms with Crippen LogP contribution >= 0.6 is 0 Å². The highest BCUT2D eigenvalue weighted by Gasteiger charge is 2.43. The summed E-state index contributed by atoms with van der Waals surface area (Å²) in [5.41, 5.74) is 15.9. The van der Waals surface area contributed by atoms with Gasteiger partial charge in [-0.25, -0.2) is 0 Å². The van der Waals surface area contributed by atoms with Crippen molar-refractivity contribution in [2.45, 2.75) is 116 Å². The minimum absolute atomic E-state index is 0.204. The molecule has 7 aromatic rings. The molecule has 0 spiro atoms. The van der Waals surface area contributed by atoms with Crippen LogP contribution in [0, 0.1) is 0 Å². The summed E-state index contributed by atoms with van der Waals surface area (Å²) in [6, 6.07) is 46.7.